The molecule has 4 rings (SSSR count). The van der Waals surface area contributed by atoms with Crippen molar-refractivity contribution in [3.8, 4) is 11.5 Å². The molecule has 1 unspecified atom stereocenters. The van der Waals surface area contributed by atoms with Gasteiger partial charge in [-0.2, -0.15) is 0 Å². The molecule has 1 saturated heterocycles. The van der Waals surface area contributed by atoms with Crippen molar-refractivity contribution < 1.29 is 14.6 Å². The first kappa shape index (κ1) is 15.3. The number of anilines is 1. The van der Waals surface area contributed by atoms with Crippen molar-refractivity contribution in [2.45, 2.75) is 31.9 Å². The Balaban J connectivity index is 1.76. The summed E-state index contributed by atoms with van der Waals surface area (Å²) in [6, 6.07) is 12.3. The van der Waals surface area contributed by atoms with Crippen LogP contribution < -0.4 is 10.1 Å². The first-order valence-corrected chi connectivity index (χ1v) is 8.53. The predicted octanol–water partition coefficient (Wildman–Crippen LogP) is 4.34. The van der Waals surface area contributed by atoms with E-state index in [0.29, 0.717) is 11.7 Å². The van der Waals surface area contributed by atoms with Crippen molar-refractivity contribution in [1.29, 1.82) is 0 Å². The van der Waals surface area contributed by atoms with Gasteiger partial charge in [0, 0.05) is 23.8 Å². The van der Waals surface area contributed by atoms with E-state index in [-0.39, 0.29) is 17.9 Å². The van der Waals surface area contributed by atoms with Gasteiger partial charge in [-0.05, 0) is 43.5 Å². The summed E-state index contributed by atoms with van der Waals surface area (Å²) in [7, 11) is 1.57. The molecule has 0 aromatic heterocycles. The van der Waals surface area contributed by atoms with Crippen LogP contribution >= 0.6 is 0 Å². The summed E-state index contributed by atoms with van der Waals surface area (Å²) in [4.78, 5) is 0. The van der Waals surface area contributed by atoms with Gasteiger partial charge in [0.05, 0.1) is 19.3 Å². The van der Waals surface area contributed by atoms with Crippen LogP contribution in [-0.4, -0.2) is 18.8 Å². The molecule has 24 heavy (non-hydrogen) atoms. The number of methoxy groups -OCH3 is 1. The number of phenols is 1. The third-order valence-electron chi connectivity index (χ3n) is 5.18. The monoisotopic (exact) mass is 325 g/mol. The molecule has 2 aliphatic heterocycles. The molecule has 2 aliphatic rings. The van der Waals surface area contributed by atoms with Gasteiger partial charge in [-0.15, -0.1) is 0 Å². The molecule has 2 N–H and O–H groups in total. The van der Waals surface area contributed by atoms with Crippen molar-refractivity contribution >= 4 is 5.69 Å². The first-order valence-electron chi connectivity index (χ1n) is 8.53. The quantitative estimate of drug-likeness (QED) is 0.862. The second-order valence-electron chi connectivity index (χ2n) is 6.74. The van der Waals surface area contributed by atoms with Crippen LogP contribution in [0, 0.1) is 12.8 Å². The van der Waals surface area contributed by atoms with Crippen LogP contribution in [0.1, 0.15) is 41.7 Å². The van der Waals surface area contributed by atoms with E-state index >= 15 is 0 Å². The smallest absolute Gasteiger partial charge is 0.160 e. The molecule has 2 aromatic carbocycles. The average molecular weight is 325 g/mol. The molecule has 0 radical (unpaired) electrons. The minimum Gasteiger partial charge on any atom is -0.504 e. The average Bonchev–Trinajstić information content (AvgIpc) is 2.61. The molecule has 0 amide bonds. The molecule has 0 spiro atoms. The van der Waals surface area contributed by atoms with Crippen LogP contribution in [0.2, 0.25) is 0 Å². The second kappa shape index (κ2) is 6.02. The number of fused-ring (bicyclic) bond motifs is 3. The number of hydrogen-bond acceptors (Lipinski definition) is 4. The molecular formula is C20H23NO3. The van der Waals surface area contributed by atoms with Gasteiger partial charge in [-0.3, -0.25) is 0 Å². The van der Waals surface area contributed by atoms with Crippen LogP contribution in [0.4, 0.5) is 5.69 Å². The topological polar surface area (TPSA) is 50.7 Å². The summed E-state index contributed by atoms with van der Waals surface area (Å²) in [6.45, 7) is 2.93. The van der Waals surface area contributed by atoms with Gasteiger partial charge < -0.3 is 19.9 Å². The maximum atomic E-state index is 10.2. The van der Waals surface area contributed by atoms with Gasteiger partial charge in [0.25, 0.3) is 0 Å². The molecule has 4 heteroatoms. The highest BCUT2D eigenvalue weighted by Crippen LogP contribution is 2.49. The van der Waals surface area contributed by atoms with E-state index in [4.69, 9.17) is 9.47 Å². The van der Waals surface area contributed by atoms with Crippen LogP contribution in [0.3, 0.4) is 0 Å². The van der Waals surface area contributed by atoms with Crippen LogP contribution in [0.5, 0.6) is 11.5 Å². The Morgan fingerprint density at radius 3 is 2.88 bits per heavy atom. The highest BCUT2D eigenvalue weighted by atomic mass is 16.5. The lowest BCUT2D eigenvalue weighted by atomic mass is 9.77. The molecule has 0 saturated carbocycles. The van der Waals surface area contributed by atoms with E-state index in [9.17, 15) is 5.11 Å². The Labute approximate surface area is 142 Å². The van der Waals surface area contributed by atoms with Gasteiger partial charge in [0.2, 0.25) is 0 Å². The van der Waals surface area contributed by atoms with Crippen molar-refractivity contribution in [2.75, 3.05) is 19.0 Å². The Bertz CT molecular complexity index is 759. The van der Waals surface area contributed by atoms with E-state index in [1.165, 1.54) is 11.1 Å². The fraction of sp³-hybridized carbons (Fsp3) is 0.400. The lowest BCUT2D eigenvalue weighted by Gasteiger charge is -2.43. The summed E-state index contributed by atoms with van der Waals surface area (Å²) >= 11 is 0. The lowest BCUT2D eigenvalue weighted by Crippen LogP contribution is -2.36. The fourth-order valence-corrected chi connectivity index (χ4v) is 4.02. The minimum atomic E-state index is 0.115. The number of hydrogen-bond donors (Lipinski definition) is 2. The SMILES string of the molecule is COc1ccc(C2Nc3ccc(C)cc3[C@H]3OCCC[C@@H]23)cc1O. The normalized spacial score (nSPS) is 25.3. The predicted molar refractivity (Wildman–Crippen MR) is 93.6 cm³/mol. The van der Waals surface area contributed by atoms with Crippen molar-refractivity contribution in [2.24, 2.45) is 5.92 Å². The molecule has 0 bridgehead atoms. The van der Waals surface area contributed by atoms with Gasteiger partial charge in [0.15, 0.2) is 11.5 Å². The summed E-state index contributed by atoms with van der Waals surface area (Å²) < 4.78 is 11.3. The molecule has 1 fully saturated rings. The number of nitrogens with one attached hydrogen (secondary N) is 1. The standard InChI is InChI=1S/C20H23NO3/c1-12-5-7-16-15(10-12)20-14(4-3-9-24-20)19(21-16)13-6-8-18(23-2)17(22)11-13/h5-8,10-11,14,19-22H,3-4,9H2,1-2H3/t14-,19?,20-/m0/s1. The first-order chi connectivity index (χ1) is 11.7. The summed E-state index contributed by atoms with van der Waals surface area (Å²) in [5, 5.41) is 13.8. The Morgan fingerprint density at radius 1 is 1.21 bits per heavy atom. The zero-order valence-corrected chi connectivity index (χ0v) is 14.1. The van der Waals surface area contributed by atoms with Crippen molar-refractivity contribution in [1.82, 2.24) is 0 Å². The third kappa shape index (κ3) is 2.51. The largest absolute Gasteiger partial charge is 0.504 e. The van der Waals surface area contributed by atoms with Crippen molar-refractivity contribution in [3.63, 3.8) is 0 Å². The highest BCUT2D eigenvalue weighted by molar-refractivity contribution is 5.59. The summed E-state index contributed by atoms with van der Waals surface area (Å²) in [5.74, 6) is 1.04. The molecule has 2 aromatic rings. The summed E-state index contributed by atoms with van der Waals surface area (Å²) in [5.41, 5.74) is 4.71. The van der Waals surface area contributed by atoms with Gasteiger partial charge in [-0.1, -0.05) is 23.8 Å². The van der Waals surface area contributed by atoms with Gasteiger partial charge in [-0.25, -0.2) is 0 Å². The minimum absolute atomic E-state index is 0.115. The number of aryl methyl sites for hydroxylation is 1. The van der Waals surface area contributed by atoms with Crippen LogP contribution in [0.25, 0.3) is 0 Å². The Morgan fingerprint density at radius 2 is 2.08 bits per heavy atom. The zero-order chi connectivity index (χ0) is 16.7. The molecule has 3 atom stereocenters. The second-order valence-corrected chi connectivity index (χ2v) is 6.74. The van der Waals surface area contributed by atoms with E-state index < -0.39 is 0 Å². The number of rotatable bonds is 2. The fourth-order valence-electron chi connectivity index (χ4n) is 4.02. The summed E-state index contributed by atoms with van der Waals surface area (Å²) in [6.07, 6.45) is 2.30. The molecule has 4 nitrogen and oxygen atoms in total. The number of aromatic hydroxyl groups is 1. The lowest BCUT2D eigenvalue weighted by molar-refractivity contribution is -0.0381. The van der Waals surface area contributed by atoms with E-state index in [1.54, 1.807) is 13.2 Å². The maximum absolute atomic E-state index is 10.2. The van der Waals surface area contributed by atoms with E-state index in [1.807, 2.05) is 12.1 Å². The maximum Gasteiger partial charge on any atom is 0.160 e. The molecule has 0 aliphatic carbocycles. The molecule has 2 heterocycles. The van der Waals surface area contributed by atoms with Crippen molar-refractivity contribution in [3.05, 3.63) is 53.1 Å². The van der Waals surface area contributed by atoms with E-state index in [2.05, 4.69) is 30.4 Å². The third-order valence-corrected chi connectivity index (χ3v) is 5.18. The Kier molecular flexibility index (Phi) is 3.85. The van der Waals surface area contributed by atoms with Gasteiger partial charge in [0.1, 0.15) is 0 Å². The number of benzene rings is 2. The molecule has 126 valence electrons. The molecular weight excluding hydrogens is 302 g/mol. The van der Waals surface area contributed by atoms with Crippen LogP contribution in [0.15, 0.2) is 36.4 Å². The number of phenolic OH excluding ortho intramolecular Hbond substituents is 1. The van der Waals surface area contributed by atoms with Gasteiger partial charge >= 0.3 is 0 Å². The number of ether oxygens (including phenoxy) is 2. The Hall–Kier alpha value is -2.20. The van der Waals surface area contributed by atoms with E-state index in [0.717, 1.165) is 30.7 Å². The zero-order valence-electron chi connectivity index (χ0n) is 14.1. The highest BCUT2D eigenvalue weighted by Gasteiger charge is 2.39. The van der Waals surface area contributed by atoms with Crippen LogP contribution in [-0.2, 0) is 4.74 Å².